The second-order valence-corrected chi connectivity index (χ2v) is 3.78. The fourth-order valence-corrected chi connectivity index (χ4v) is 2.26. The van der Waals surface area contributed by atoms with Crippen LogP contribution in [0.25, 0.3) is 0 Å². The summed E-state index contributed by atoms with van der Waals surface area (Å²) in [7, 11) is 0. The largest absolute Gasteiger partial charge is 0.480 e. The lowest BCUT2D eigenvalue weighted by atomic mass is 10.3. The minimum Gasteiger partial charge on any atom is -0.480 e. The maximum atomic E-state index is 10.6. The van der Waals surface area contributed by atoms with Crippen LogP contribution in [0.15, 0.2) is 16.9 Å². The molecule has 0 saturated carbocycles. The Kier molecular flexibility index (Phi) is 2.24. The van der Waals surface area contributed by atoms with Gasteiger partial charge in [-0.3, -0.25) is 10.1 Å². The van der Waals surface area contributed by atoms with Crippen LogP contribution in [-0.4, -0.2) is 27.9 Å². The van der Waals surface area contributed by atoms with Gasteiger partial charge in [0.2, 0.25) is 5.89 Å². The summed E-state index contributed by atoms with van der Waals surface area (Å²) in [5.74, 6) is 0.248. The molecule has 0 spiro atoms. The Hall–Kier alpha value is -1.01. The van der Waals surface area contributed by atoms with Gasteiger partial charge in [0.1, 0.15) is 17.7 Å². The summed E-state index contributed by atoms with van der Waals surface area (Å²) in [5.41, 5.74) is 0. The molecule has 13 heavy (non-hydrogen) atoms. The van der Waals surface area contributed by atoms with Gasteiger partial charge in [-0.05, 0) is 0 Å². The molecular formula is C7H8N2O3S. The number of aliphatic carboxylic acids is 1. The summed E-state index contributed by atoms with van der Waals surface area (Å²) in [5, 5.41) is 11.5. The Morgan fingerprint density at radius 3 is 3.23 bits per heavy atom. The van der Waals surface area contributed by atoms with Gasteiger partial charge in [-0.25, -0.2) is 4.98 Å². The Balaban J connectivity index is 2.03. The maximum Gasteiger partial charge on any atom is 0.321 e. The Morgan fingerprint density at radius 1 is 1.85 bits per heavy atom. The molecule has 0 aliphatic carbocycles. The predicted octanol–water partition coefficient (Wildman–Crippen LogP) is 0.463. The smallest absolute Gasteiger partial charge is 0.321 e. The third kappa shape index (κ3) is 1.68. The highest BCUT2D eigenvalue weighted by Gasteiger charge is 2.32. The lowest BCUT2D eigenvalue weighted by Gasteiger charge is -2.05. The first kappa shape index (κ1) is 8.58. The zero-order valence-electron chi connectivity index (χ0n) is 6.64. The van der Waals surface area contributed by atoms with E-state index in [4.69, 9.17) is 9.52 Å². The van der Waals surface area contributed by atoms with Crippen molar-refractivity contribution >= 4 is 17.7 Å². The minimum absolute atomic E-state index is 0.129. The molecule has 1 fully saturated rings. The lowest BCUT2D eigenvalue weighted by molar-refractivity contribution is -0.138. The highest BCUT2D eigenvalue weighted by Crippen LogP contribution is 2.31. The van der Waals surface area contributed by atoms with E-state index in [1.165, 1.54) is 18.0 Å². The van der Waals surface area contributed by atoms with E-state index in [9.17, 15) is 4.79 Å². The van der Waals surface area contributed by atoms with Crippen molar-refractivity contribution in [3.8, 4) is 0 Å². The van der Waals surface area contributed by atoms with Crippen LogP contribution in [0, 0.1) is 0 Å². The van der Waals surface area contributed by atoms with Crippen LogP contribution in [0.4, 0.5) is 0 Å². The molecule has 1 aromatic rings. The summed E-state index contributed by atoms with van der Waals surface area (Å²) in [6, 6.07) is -0.498. The molecule has 70 valence electrons. The number of carbonyl (C=O) groups is 1. The first-order chi connectivity index (χ1) is 6.27. The lowest BCUT2D eigenvalue weighted by Crippen LogP contribution is -2.33. The van der Waals surface area contributed by atoms with E-state index in [0.717, 1.165) is 0 Å². The van der Waals surface area contributed by atoms with Crippen LogP contribution in [0.2, 0.25) is 0 Å². The topological polar surface area (TPSA) is 75.4 Å². The molecule has 0 amide bonds. The number of rotatable bonds is 2. The number of nitrogens with one attached hydrogen (secondary N) is 1. The van der Waals surface area contributed by atoms with Crippen molar-refractivity contribution in [2.45, 2.75) is 11.4 Å². The molecule has 5 nitrogen and oxygen atoms in total. The molecule has 1 aliphatic rings. The summed E-state index contributed by atoms with van der Waals surface area (Å²) < 4.78 is 5.06. The molecule has 2 heterocycles. The van der Waals surface area contributed by atoms with Gasteiger partial charge in [0, 0.05) is 5.75 Å². The van der Waals surface area contributed by atoms with Crippen molar-refractivity contribution in [2.75, 3.05) is 5.75 Å². The van der Waals surface area contributed by atoms with Crippen molar-refractivity contribution < 1.29 is 14.3 Å². The Bertz CT molecular complexity index is 301. The van der Waals surface area contributed by atoms with Crippen LogP contribution in [-0.2, 0) is 4.79 Å². The molecule has 1 aromatic heterocycles. The van der Waals surface area contributed by atoms with Gasteiger partial charge in [-0.2, -0.15) is 0 Å². The fourth-order valence-electron chi connectivity index (χ4n) is 1.12. The van der Waals surface area contributed by atoms with Crippen molar-refractivity contribution in [1.29, 1.82) is 0 Å². The van der Waals surface area contributed by atoms with Gasteiger partial charge in [0.15, 0.2) is 0 Å². The standard InChI is InChI=1S/C7H8N2O3S/c10-7(11)4-3-13-6(9-4)5-8-1-2-12-5/h1-2,4,6,9H,3H2,(H,10,11)/t4-,6?/m0/s1. The highest BCUT2D eigenvalue weighted by molar-refractivity contribution is 7.99. The monoisotopic (exact) mass is 200 g/mol. The first-order valence-electron chi connectivity index (χ1n) is 3.77. The highest BCUT2D eigenvalue weighted by atomic mass is 32.2. The number of thioether (sulfide) groups is 1. The number of oxazole rings is 1. The van der Waals surface area contributed by atoms with Gasteiger partial charge in [-0.15, -0.1) is 11.8 Å². The third-order valence-corrected chi connectivity index (χ3v) is 2.95. The van der Waals surface area contributed by atoms with Crippen molar-refractivity contribution in [1.82, 2.24) is 10.3 Å². The van der Waals surface area contributed by atoms with Gasteiger partial charge in [0.25, 0.3) is 0 Å². The zero-order chi connectivity index (χ0) is 9.26. The molecule has 0 bridgehead atoms. The van der Waals surface area contributed by atoms with Crippen LogP contribution >= 0.6 is 11.8 Å². The molecule has 6 heteroatoms. The first-order valence-corrected chi connectivity index (χ1v) is 4.82. The van der Waals surface area contributed by atoms with Crippen LogP contribution in [0.5, 0.6) is 0 Å². The maximum absolute atomic E-state index is 10.6. The van der Waals surface area contributed by atoms with Gasteiger partial charge in [-0.1, -0.05) is 0 Å². The van der Waals surface area contributed by atoms with E-state index >= 15 is 0 Å². The van der Waals surface area contributed by atoms with Gasteiger partial charge < -0.3 is 9.52 Å². The number of hydrogen-bond donors (Lipinski definition) is 2. The number of hydrogen-bond acceptors (Lipinski definition) is 5. The van der Waals surface area contributed by atoms with E-state index < -0.39 is 12.0 Å². The molecular weight excluding hydrogens is 192 g/mol. The molecule has 0 aromatic carbocycles. The second kappa shape index (κ2) is 3.39. The second-order valence-electron chi connectivity index (χ2n) is 2.64. The van der Waals surface area contributed by atoms with E-state index in [2.05, 4.69) is 10.3 Å². The number of carboxylic acid groups (broad SMARTS) is 1. The van der Waals surface area contributed by atoms with Crippen molar-refractivity contribution in [3.05, 3.63) is 18.4 Å². The van der Waals surface area contributed by atoms with Crippen molar-refractivity contribution in [3.63, 3.8) is 0 Å². The fraction of sp³-hybridized carbons (Fsp3) is 0.429. The summed E-state index contributed by atoms with van der Waals surface area (Å²) >= 11 is 1.49. The van der Waals surface area contributed by atoms with Crippen LogP contribution in [0.1, 0.15) is 11.3 Å². The molecule has 1 aliphatic heterocycles. The molecule has 0 radical (unpaired) electrons. The molecule has 2 atom stereocenters. The zero-order valence-corrected chi connectivity index (χ0v) is 7.45. The van der Waals surface area contributed by atoms with Gasteiger partial charge in [0.05, 0.1) is 6.20 Å². The summed E-state index contributed by atoms with van der Waals surface area (Å²) in [6.45, 7) is 0. The normalized spacial score (nSPS) is 27.7. The summed E-state index contributed by atoms with van der Waals surface area (Å²) in [4.78, 5) is 14.5. The summed E-state index contributed by atoms with van der Waals surface area (Å²) in [6.07, 6.45) is 3.03. The Morgan fingerprint density at radius 2 is 2.69 bits per heavy atom. The van der Waals surface area contributed by atoms with Crippen LogP contribution < -0.4 is 5.32 Å². The van der Waals surface area contributed by atoms with E-state index in [1.807, 2.05) is 0 Å². The number of aromatic nitrogens is 1. The van der Waals surface area contributed by atoms with Crippen molar-refractivity contribution in [2.24, 2.45) is 0 Å². The molecule has 1 unspecified atom stereocenters. The molecule has 1 saturated heterocycles. The molecule has 2 rings (SSSR count). The SMILES string of the molecule is O=C(O)[C@@H]1CSC(c2ncco2)N1. The third-order valence-electron chi connectivity index (χ3n) is 1.76. The number of carboxylic acids is 1. The quantitative estimate of drug-likeness (QED) is 0.722. The minimum atomic E-state index is -0.832. The number of nitrogens with zero attached hydrogens (tertiary/aromatic N) is 1. The Labute approximate surface area is 78.5 Å². The van der Waals surface area contributed by atoms with E-state index in [1.54, 1.807) is 6.20 Å². The predicted molar refractivity (Wildman–Crippen MR) is 46.3 cm³/mol. The van der Waals surface area contributed by atoms with Gasteiger partial charge >= 0.3 is 5.97 Å². The van der Waals surface area contributed by atoms with Crippen LogP contribution in [0.3, 0.4) is 0 Å². The van der Waals surface area contributed by atoms with E-state index in [-0.39, 0.29) is 5.37 Å². The average molecular weight is 200 g/mol. The average Bonchev–Trinajstić information content (AvgIpc) is 2.75. The molecule has 2 N–H and O–H groups in total. The van der Waals surface area contributed by atoms with E-state index in [0.29, 0.717) is 11.6 Å².